The molecule has 1 aromatic heterocycles. The SMILES string of the molecule is C=CCn1c(SCc2cc(Br)cc3c2OC(c2ccccc2)OC3)nnc1C1CCCCC1. The van der Waals surface area contributed by atoms with E-state index in [9.17, 15) is 0 Å². The smallest absolute Gasteiger partial charge is 0.227 e. The molecule has 0 N–H and O–H groups in total. The van der Waals surface area contributed by atoms with Crippen LogP contribution in [0.15, 0.2) is 64.7 Å². The van der Waals surface area contributed by atoms with Gasteiger partial charge in [0.15, 0.2) is 5.16 Å². The van der Waals surface area contributed by atoms with Gasteiger partial charge in [0, 0.05) is 39.4 Å². The Balaban J connectivity index is 1.38. The lowest BCUT2D eigenvalue weighted by Crippen LogP contribution is -2.19. The van der Waals surface area contributed by atoms with Crippen LogP contribution < -0.4 is 4.74 Å². The molecule has 1 unspecified atom stereocenters. The van der Waals surface area contributed by atoms with Crippen molar-refractivity contribution in [3.8, 4) is 5.75 Å². The fraction of sp³-hybridized carbons (Fsp3) is 0.385. The van der Waals surface area contributed by atoms with Crippen LogP contribution in [-0.2, 0) is 23.6 Å². The predicted octanol–water partition coefficient (Wildman–Crippen LogP) is 7.17. The molecular formula is C26H28BrN3O2S. The van der Waals surface area contributed by atoms with E-state index in [0.717, 1.165) is 50.2 Å². The summed E-state index contributed by atoms with van der Waals surface area (Å²) in [7, 11) is 0. The Morgan fingerprint density at radius 2 is 1.94 bits per heavy atom. The highest BCUT2D eigenvalue weighted by molar-refractivity contribution is 9.10. The lowest BCUT2D eigenvalue weighted by Gasteiger charge is -2.28. The van der Waals surface area contributed by atoms with Crippen molar-refractivity contribution in [2.45, 2.75) is 68.4 Å². The molecule has 0 saturated heterocycles. The number of thioether (sulfide) groups is 1. The maximum absolute atomic E-state index is 6.36. The Kier molecular flexibility index (Phi) is 7.19. The van der Waals surface area contributed by atoms with Crippen LogP contribution in [0.5, 0.6) is 5.75 Å². The number of ether oxygens (including phenoxy) is 2. The van der Waals surface area contributed by atoms with Crippen molar-refractivity contribution in [2.75, 3.05) is 0 Å². The van der Waals surface area contributed by atoms with Crippen LogP contribution in [0, 0.1) is 0 Å². The van der Waals surface area contributed by atoms with Crippen molar-refractivity contribution >= 4 is 27.7 Å². The quantitative estimate of drug-likeness (QED) is 0.241. The van der Waals surface area contributed by atoms with E-state index in [1.165, 1.54) is 32.1 Å². The first-order chi connectivity index (χ1) is 16.2. The average molecular weight is 527 g/mol. The predicted molar refractivity (Wildman–Crippen MR) is 134 cm³/mol. The molecular weight excluding hydrogens is 498 g/mol. The molecule has 2 aromatic carbocycles. The molecule has 2 heterocycles. The largest absolute Gasteiger partial charge is 0.460 e. The minimum atomic E-state index is -0.397. The van der Waals surface area contributed by atoms with Crippen molar-refractivity contribution in [3.63, 3.8) is 0 Å². The summed E-state index contributed by atoms with van der Waals surface area (Å²) >= 11 is 5.36. The molecule has 33 heavy (non-hydrogen) atoms. The van der Waals surface area contributed by atoms with Crippen LogP contribution in [0.2, 0.25) is 0 Å². The van der Waals surface area contributed by atoms with Gasteiger partial charge in [-0.05, 0) is 25.0 Å². The van der Waals surface area contributed by atoms with Crippen LogP contribution in [-0.4, -0.2) is 14.8 Å². The minimum Gasteiger partial charge on any atom is -0.460 e. The summed E-state index contributed by atoms with van der Waals surface area (Å²) in [5.41, 5.74) is 3.20. The van der Waals surface area contributed by atoms with E-state index in [2.05, 4.69) is 49.4 Å². The number of hydrogen-bond donors (Lipinski definition) is 0. The van der Waals surface area contributed by atoms with Crippen molar-refractivity contribution in [1.82, 2.24) is 14.8 Å². The molecule has 1 atom stereocenters. The summed E-state index contributed by atoms with van der Waals surface area (Å²) < 4.78 is 15.6. The summed E-state index contributed by atoms with van der Waals surface area (Å²) in [4.78, 5) is 0. The van der Waals surface area contributed by atoms with E-state index in [1.54, 1.807) is 11.8 Å². The second kappa shape index (κ2) is 10.5. The van der Waals surface area contributed by atoms with E-state index in [0.29, 0.717) is 12.5 Å². The van der Waals surface area contributed by atoms with Crippen molar-refractivity contribution in [2.24, 2.45) is 0 Å². The van der Waals surface area contributed by atoms with E-state index in [4.69, 9.17) is 9.47 Å². The lowest BCUT2D eigenvalue weighted by atomic mass is 9.89. The molecule has 172 valence electrons. The molecule has 3 aromatic rings. The Labute approximate surface area is 207 Å². The molecule has 5 nitrogen and oxygen atoms in total. The number of allylic oxidation sites excluding steroid dienone is 1. The first-order valence-corrected chi connectivity index (χ1v) is 13.3. The molecule has 0 bridgehead atoms. The van der Waals surface area contributed by atoms with Gasteiger partial charge < -0.3 is 14.0 Å². The lowest BCUT2D eigenvalue weighted by molar-refractivity contribution is -0.111. The van der Waals surface area contributed by atoms with Crippen LogP contribution in [0.3, 0.4) is 0 Å². The number of halogens is 1. The Hall–Kier alpha value is -2.09. The normalized spacial score (nSPS) is 18.5. The second-order valence-corrected chi connectivity index (χ2v) is 10.4. The maximum atomic E-state index is 6.36. The summed E-state index contributed by atoms with van der Waals surface area (Å²) in [6.45, 7) is 5.21. The molecule has 1 saturated carbocycles. The number of hydrogen-bond acceptors (Lipinski definition) is 5. The molecule has 1 aliphatic heterocycles. The third-order valence-corrected chi connectivity index (χ3v) is 7.75. The molecule has 5 rings (SSSR count). The fourth-order valence-corrected chi connectivity index (χ4v) is 6.15. The van der Waals surface area contributed by atoms with Gasteiger partial charge in [0.1, 0.15) is 11.6 Å². The van der Waals surface area contributed by atoms with Crippen molar-refractivity contribution < 1.29 is 9.47 Å². The molecule has 0 radical (unpaired) electrons. The maximum Gasteiger partial charge on any atom is 0.227 e. The zero-order valence-corrected chi connectivity index (χ0v) is 21.0. The van der Waals surface area contributed by atoms with Crippen molar-refractivity contribution in [3.05, 3.63) is 82.1 Å². The van der Waals surface area contributed by atoms with E-state index >= 15 is 0 Å². The highest BCUT2D eigenvalue weighted by Crippen LogP contribution is 2.40. The summed E-state index contributed by atoms with van der Waals surface area (Å²) in [5, 5.41) is 10.1. The summed E-state index contributed by atoms with van der Waals surface area (Å²) in [6, 6.07) is 14.3. The molecule has 1 aliphatic carbocycles. The Morgan fingerprint density at radius 1 is 1.12 bits per heavy atom. The van der Waals surface area contributed by atoms with E-state index in [1.807, 2.05) is 36.4 Å². The molecule has 7 heteroatoms. The first kappa shape index (κ1) is 22.7. The third kappa shape index (κ3) is 5.05. The minimum absolute atomic E-state index is 0.397. The average Bonchev–Trinajstić information content (AvgIpc) is 3.26. The number of rotatable bonds is 7. The third-order valence-electron chi connectivity index (χ3n) is 6.28. The second-order valence-electron chi connectivity index (χ2n) is 8.59. The monoisotopic (exact) mass is 525 g/mol. The zero-order chi connectivity index (χ0) is 22.6. The number of aromatic nitrogens is 3. The van der Waals surface area contributed by atoms with Gasteiger partial charge in [-0.25, -0.2) is 0 Å². The van der Waals surface area contributed by atoms with Gasteiger partial charge in [0.2, 0.25) is 6.29 Å². The van der Waals surface area contributed by atoms with Crippen LogP contribution in [0.4, 0.5) is 0 Å². The first-order valence-electron chi connectivity index (χ1n) is 11.5. The number of fused-ring (bicyclic) bond motifs is 1. The number of nitrogens with zero attached hydrogens (tertiary/aromatic N) is 3. The Morgan fingerprint density at radius 3 is 2.73 bits per heavy atom. The van der Waals surface area contributed by atoms with Crippen LogP contribution in [0.1, 0.15) is 66.8 Å². The molecule has 1 fully saturated rings. The van der Waals surface area contributed by atoms with Crippen LogP contribution >= 0.6 is 27.7 Å². The molecule has 0 amide bonds. The zero-order valence-electron chi connectivity index (χ0n) is 18.6. The number of benzene rings is 2. The molecule has 2 aliphatic rings. The fourth-order valence-electron chi connectivity index (χ4n) is 4.67. The summed E-state index contributed by atoms with van der Waals surface area (Å²) in [5.74, 6) is 3.27. The Bertz CT molecular complexity index is 1110. The van der Waals surface area contributed by atoms with E-state index < -0.39 is 6.29 Å². The van der Waals surface area contributed by atoms with Gasteiger partial charge >= 0.3 is 0 Å². The van der Waals surface area contributed by atoms with Gasteiger partial charge in [-0.15, -0.1) is 16.8 Å². The van der Waals surface area contributed by atoms with Crippen molar-refractivity contribution in [1.29, 1.82) is 0 Å². The topological polar surface area (TPSA) is 49.2 Å². The molecule has 0 spiro atoms. The standard InChI is InChI=1S/C26H28BrN3O2S/c1-2-13-30-24(18-9-5-3-6-10-18)28-29-26(30)33-17-21-15-22(27)14-20-16-31-25(32-23(20)21)19-11-7-4-8-12-19/h2,4,7-8,11-12,14-15,18,25H,1,3,5-6,9-10,13,16-17H2. The highest BCUT2D eigenvalue weighted by Gasteiger charge is 2.26. The van der Waals surface area contributed by atoms with Gasteiger partial charge in [-0.3, -0.25) is 0 Å². The van der Waals surface area contributed by atoms with Gasteiger partial charge in [0.05, 0.1) is 6.61 Å². The van der Waals surface area contributed by atoms with E-state index in [-0.39, 0.29) is 0 Å². The van der Waals surface area contributed by atoms with Gasteiger partial charge in [0.25, 0.3) is 0 Å². The highest BCUT2D eigenvalue weighted by atomic mass is 79.9. The van der Waals surface area contributed by atoms with Gasteiger partial charge in [-0.1, -0.05) is 83.4 Å². The van der Waals surface area contributed by atoms with Crippen LogP contribution in [0.25, 0.3) is 0 Å². The summed E-state index contributed by atoms with van der Waals surface area (Å²) in [6.07, 6.45) is 7.83. The van der Waals surface area contributed by atoms with Gasteiger partial charge in [-0.2, -0.15) is 0 Å².